The van der Waals surface area contributed by atoms with E-state index in [0.717, 1.165) is 11.8 Å². The molecule has 0 aliphatic carbocycles. The molecule has 0 bridgehead atoms. The Morgan fingerprint density at radius 2 is 1.74 bits per heavy atom. The summed E-state index contributed by atoms with van der Waals surface area (Å²) in [7, 11) is -3.50. The molecule has 0 atom stereocenters. The van der Waals surface area contributed by atoms with Crippen LogP contribution in [0, 0.1) is 0 Å². The van der Waals surface area contributed by atoms with E-state index in [1.165, 1.54) is 18.2 Å². The third-order valence-corrected chi connectivity index (χ3v) is 3.92. The topological polar surface area (TPSA) is 102 Å². The monoisotopic (exact) mass is 388 g/mol. The maximum absolute atomic E-state index is 12.5. The van der Waals surface area contributed by atoms with E-state index < -0.39 is 21.9 Å². The molecule has 27 heavy (non-hydrogen) atoms. The summed E-state index contributed by atoms with van der Waals surface area (Å²) < 4.78 is 30.0. The number of nitrogens with one attached hydrogen (secondary N) is 2. The van der Waals surface area contributed by atoms with Crippen molar-refractivity contribution in [1.82, 2.24) is 0 Å². The van der Waals surface area contributed by atoms with Crippen molar-refractivity contribution in [2.24, 2.45) is 0 Å². The van der Waals surface area contributed by atoms with Crippen LogP contribution in [0.4, 0.5) is 11.4 Å². The summed E-state index contributed by atoms with van der Waals surface area (Å²) in [5, 5.41) is 2.71. The van der Waals surface area contributed by atoms with Gasteiger partial charge in [-0.05, 0) is 42.8 Å². The summed E-state index contributed by atoms with van der Waals surface area (Å²) in [4.78, 5) is 23.8. The highest BCUT2D eigenvalue weighted by molar-refractivity contribution is 7.92. The van der Waals surface area contributed by atoms with Gasteiger partial charge < -0.3 is 10.1 Å². The van der Waals surface area contributed by atoms with Crippen LogP contribution in [-0.2, 0) is 19.6 Å². The maximum Gasteiger partial charge on any atom is 0.330 e. The largest absolute Gasteiger partial charge is 0.463 e. The molecule has 8 heteroatoms. The van der Waals surface area contributed by atoms with Gasteiger partial charge in [0, 0.05) is 11.8 Å². The van der Waals surface area contributed by atoms with Gasteiger partial charge in [0.1, 0.15) is 0 Å². The van der Waals surface area contributed by atoms with E-state index in [-0.39, 0.29) is 11.3 Å². The fourth-order valence-electron chi connectivity index (χ4n) is 2.20. The first-order valence-electron chi connectivity index (χ1n) is 8.11. The molecule has 7 nitrogen and oxygen atoms in total. The van der Waals surface area contributed by atoms with Gasteiger partial charge in [0.05, 0.1) is 24.1 Å². The molecule has 0 aliphatic heterocycles. The van der Waals surface area contributed by atoms with Crippen molar-refractivity contribution in [3.8, 4) is 0 Å². The number of para-hydroxylation sites is 1. The highest BCUT2D eigenvalue weighted by atomic mass is 32.2. The van der Waals surface area contributed by atoms with Crippen molar-refractivity contribution in [3.63, 3.8) is 0 Å². The zero-order chi connectivity index (χ0) is 19.9. The number of esters is 1. The fraction of sp³-hybridized carbons (Fsp3) is 0.158. The second-order valence-electron chi connectivity index (χ2n) is 5.58. The third kappa shape index (κ3) is 6.59. The molecule has 0 unspecified atom stereocenters. The van der Waals surface area contributed by atoms with Gasteiger partial charge in [-0.25, -0.2) is 13.2 Å². The van der Waals surface area contributed by atoms with E-state index in [2.05, 4.69) is 10.0 Å². The molecule has 2 aromatic rings. The summed E-state index contributed by atoms with van der Waals surface area (Å²) in [5.74, 6) is -0.874. The fourth-order valence-corrected chi connectivity index (χ4v) is 2.78. The first-order valence-corrected chi connectivity index (χ1v) is 10.0. The minimum absolute atomic E-state index is 0.200. The van der Waals surface area contributed by atoms with Gasteiger partial charge in [0.2, 0.25) is 10.0 Å². The summed E-state index contributed by atoms with van der Waals surface area (Å²) in [5.41, 5.74) is 1.70. The number of amides is 1. The van der Waals surface area contributed by atoms with Crippen molar-refractivity contribution < 1.29 is 22.7 Å². The van der Waals surface area contributed by atoms with Crippen LogP contribution in [0.25, 0.3) is 6.08 Å². The molecular formula is C19H20N2O5S. The molecular weight excluding hydrogens is 368 g/mol. The number of sulfonamides is 1. The van der Waals surface area contributed by atoms with Crippen molar-refractivity contribution in [3.05, 3.63) is 65.7 Å². The van der Waals surface area contributed by atoms with E-state index in [0.29, 0.717) is 12.3 Å². The Kier molecular flexibility index (Phi) is 6.73. The summed E-state index contributed by atoms with van der Waals surface area (Å²) >= 11 is 0. The highest BCUT2D eigenvalue weighted by Crippen LogP contribution is 2.19. The second kappa shape index (κ2) is 9.00. The summed E-state index contributed by atoms with van der Waals surface area (Å²) in [6, 6.07) is 13.1. The van der Waals surface area contributed by atoms with Crippen LogP contribution >= 0.6 is 0 Å². The molecule has 0 fully saturated rings. The normalized spacial score (nSPS) is 11.2. The second-order valence-corrected chi connectivity index (χ2v) is 7.33. The molecule has 2 aromatic carbocycles. The van der Waals surface area contributed by atoms with Crippen LogP contribution in [0.1, 0.15) is 22.8 Å². The van der Waals surface area contributed by atoms with Crippen LogP contribution in [-0.4, -0.2) is 33.2 Å². The molecule has 0 heterocycles. The van der Waals surface area contributed by atoms with Gasteiger partial charge in [-0.1, -0.05) is 24.3 Å². The predicted molar refractivity (Wildman–Crippen MR) is 105 cm³/mol. The highest BCUT2D eigenvalue weighted by Gasteiger charge is 2.13. The quantitative estimate of drug-likeness (QED) is 0.561. The minimum atomic E-state index is -3.50. The van der Waals surface area contributed by atoms with E-state index >= 15 is 0 Å². The Balaban J connectivity index is 2.10. The Bertz CT molecular complexity index is 950. The first-order chi connectivity index (χ1) is 12.8. The lowest BCUT2D eigenvalue weighted by atomic mass is 10.1. The number of carbonyl (C=O) groups excluding carboxylic acids is 2. The minimum Gasteiger partial charge on any atom is -0.463 e. The van der Waals surface area contributed by atoms with Crippen molar-refractivity contribution in [1.29, 1.82) is 0 Å². The standard InChI is InChI=1S/C19H20N2O5S/c1-3-26-18(22)13-10-14-8-11-15(12-9-14)20-19(23)16-6-4-5-7-17(16)21-27(2,24)25/h4-13,21H,3H2,1-2H3,(H,20,23)/b13-10+. The molecule has 0 saturated heterocycles. The van der Waals surface area contributed by atoms with E-state index in [1.807, 2.05) is 0 Å². The average molecular weight is 388 g/mol. The SMILES string of the molecule is CCOC(=O)/C=C/c1ccc(NC(=O)c2ccccc2NS(C)(=O)=O)cc1. The van der Waals surface area contributed by atoms with E-state index in [1.54, 1.807) is 49.4 Å². The van der Waals surface area contributed by atoms with Gasteiger partial charge in [0.15, 0.2) is 0 Å². The molecule has 0 aromatic heterocycles. The molecule has 2 rings (SSSR count). The number of anilines is 2. The van der Waals surface area contributed by atoms with Crippen molar-refractivity contribution >= 4 is 39.4 Å². The zero-order valence-electron chi connectivity index (χ0n) is 14.9. The Morgan fingerprint density at radius 3 is 2.37 bits per heavy atom. The lowest BCUT2D eigenvalue weighted by Gasteiger charge is -2.11. The predicted octanol–water partition coefficient (Wildman–Crippen LogP) is 2.89. The Hall–Kier alpha value is -3.13. The number of ether oxygens (including phenoxy) is 1. The van der Waals surface area contributed by atoms with Crippen LogP contribution in [0.15, 0.2) is 54.6 Å². The van der Waals surface area contributed by atoms with E-state index in [4.69, 9.17) is 4.74 Å². The number of hydrogen-bond acceptors (Lipinski definition) is 5. The van der Waals surface area contributed by atoms with Crippen LogP contribution in [0.5, 0.6) is 0 Å². The number of rotatable bonds is 7. The van der Waals surface area contributed by atoms with Gasteiger partial charge in [-0.15, -0.1) is 0 Å². The van der Waals surface area contributed by atoms with Gasteiger partial charge in [0.25, 0.3) is 5.91 Å². The molecule has 0 radical (unpaired) electrons. The molecule has 0 spiro atoms. The van der Waals surface area contributed by atoms with Gasteiger partial charge >= 0.3 is 5.97 Å². The van der Waals surface area contributed by atoms with Crippen LogP contribution in [0.3, 0.4) is 0 Å². The smallest absolute Gasteiger partial charge is 0.330 e. The average Bonchev–Trinajstić information content (AvgIpc) is 2.60. The molecule has 1 amide bonds. The van der Waals surface area contributed by atoms with Crippen LogP contribution < -0.4 is 10.0 Å². The van der Waals surface area contributed by atoms with Gasteiger partial charge in [-0.3, -0.25) is 9.52 Å². The maximum atomic E-state index is 12.5. The molecule has 0 aliphatic rings. The zero-order valence-corrected chi connectivity index (χ0v) is 15.7. The van der Waals surface area contributed by atoms with Crippen molar-refractivity contribution in [2.75, 3.05) is 22.9 Å². The molecule has 0 saturated carbocycles. The number of carbonyl (C=O) groups is 2. The van der Waals surface area contributed by atoms with Crippen LogP contribution in [0.2, 0.25) is 0 Å². The van der Waals surface area contributed by atoms with Crippen molar-refractivity contribution in [2.45, 2.75) is 6.92 Å². The Labute approximate surface area is 158 Å². The molecule has 142 valence electrons. The molecule has 2 N–H and O–H groups in total. The number of hydrogen-bond donors (Lipinski definition) is 2. The third-order valence-electron chi connectivity index (χ3n) is 3.33. The number of benzene rings is 2. The Morgan fingerprint density at radius 1 is 1.07 bits per heavy atom. The lowest BCUT2D eigenvalue weighted by molar-refractivity contribution is -0.137. The lowest BCUT2D eigenvalue weighted by Crippen LogP contribution is -2.17. The first kappa shape index (κ1) is 20.2. The summed E-state index contributed by atoms with van der Waals surface area (Å²) in [6.07, 6.45) is 3.95. The van der Waals surface area contributed by atoms with Gasteiger partial charge in [-0.2, -0.15) is 0 Å². The van der Waals surface area contributed by atoms with E-state index in [9.17, 15) is 18.0 Å². The summed E-state index contributed by atoms with van der Waals surface area (Å²) in [6.45, 7) is 2.04.